The number of thiophene rings is 1. The molecule has 0 spiro atoms. The molecule has 0 radical (unpaired) electrons. The van der Waals surface area contributed by atoms with Gasteiger partial charge in [0.2, 0.25) is 0 Å². The molecule has 1 nitrogen and oxygen atoms in total. The van der Waals surface area contributed by atoms with Crippen LogP contribution in [-0.4, -0.2) is 11.5 Å². The number of hydrogen-bond acceptors (Lipinski definition) is 3. The minimum Gasteiger partial charge on any atom is -0.288 e. The van der Waals surface area contributed by atoms with Crippen LogP contribution in [-0.2, 0) is 12.2 Å². The van der Waals surface area contributed by atoms with Crippen LogP contribution in [0.1, 0.15) is 27.0 Å². The summed E-state index contributed by atoms with van der Waals surface area (Å²) >= 11 is 3.59. The second-order valence-electron chi connectivity index (χ2n) is 3.47. The predicted octanol–water partition coefficient (Wildman–Crippen LogP) is 3.30. The van der Waals surface area contributed by atoms with Gasteiger partial charge >= 0.3 is 0 Å². The van der Waals surface area contributed by atoms with Gasteiger partial charge in [0, 0.05) is 10.6 Å². The van der Waals surface area contributed by atoms with Crippen LogP contribution < -0.4 is 0 Å². The summed E-state index contributed by atoms with van der Waals surface area (Å²) in [6.45, 7) is 5.46. The topological polar surface area (TPSA) is 17.1 Å². The summed E-state index contributed by atoms with van der Waals surface area (Å²) in [5.74, 6) is 2.36. The maximum Gasteiger partial charge on any atom is 0.198 e. The highest BCUT2D eigenvalue weighted by atomic mass is 32.2. The lowest BCUT2D eigenvalue weighted by atomic mass is 10.1. The van der Waals surface area contributed by atoms with Crippen molar-refractivity contribution in [3.8, 4) is 0 Å². The van der Waals surface area contributed by atoms with Gasteiger partial charge in [-0.1, -0.05) is 6.58 Å². The minimum atomic E-state index is 0.106. The van der Waals surface area contributed by atoms with Crippen molar-refractivity contribution in [1.82, 2.24) is 0 Å². The first-order valence-corrected chi connectivity index (χ1v) is 6.55. The van der Waals surface area contributed by atoms with Crippen molar-refractivity contribution in [3.63, 3.8) is 0 Å². The Labute approximate surface area is 92.2 Å². The molecular formula is C11H12OS2. The average molecular weight is 224 g/mol. The number of ketones is 1. The van der Waals surface area contributed by atoms with E-state index in [9.17, 15) is 4.79 Å². The Hall–Kier alpha value is -0.540. The van der Waals surface area contributed by atoms with Crippen molar-refractivity contribution in [2.45, 2.75) is 19.1 Å². The summed E-state index contributed by atoms with van der Waals surface area (Å²) in [7, 11) is 0. The Kier molecular flexibility index (Phi) is 2.79. The van der Waals surface area contributed by atoms with Gasteiger partial charge in [0.05, 0.1) is 4.88 Å². The minimum absolute atomic E-state index is 0.106. The van der Waals surface area contributed by atoms with Crippen LogP contribution in [0.25, 0.3) is 0 Å². The number of aryl methyl sites for hydroxylation is 1. The van der Waals surface area contributed by atoms with Gasteiger partial charge in [-0.2, -0.15) is 11.8 Å². The Bertz CT molecular complexity index is 366. The van der Waals surface area contributed by atoms with Crippen molar-refractivity contribution in [1.29, 1.82) is 0 Å². The second-order valence-corrected chi connectivity index (χ2v) is 5.71. The molecule has 0 fully saturated rings. The van der Waals surface area contributed by atoms with Crippen LogP contribution in [0.3, 0.4) is 0 Å². The Morgan fingerprint density at radius 2 is 2.36 bits per heavy atom. The number of rotatable bonds is 2. The van der Waals surface area contributed by atoms with E-state index in [4.69, 9.17) is 0 Å². The number of fused-ring (bicyclic) bond motifs is 1. The van der Waals surface area contributed by atoms with Gasteiger partial charge in [-0.3, -0.25) is 4.79 Å². The first-order valence-electron chi connectivity index (χ1n) is 4.58. The van der Waals surface area contributed by atoms with Crippen LogP contribution in [0.15, 0.2) is 18.2 Å². The molecule has 0 N–H and O–H groups in total. The van der Waals surface area contributed by atoms with E-state index in [0.717, 1.165) is 17.1 Å². The lowest BCUT2D eigenvalue weighted by Crippen LogP contribution is -1.96. The van der Waals surface area contributed by atoms with Gasteiger partial charge in [0.15, 0.2) is 5.78 Å². The van der Waals surface area contributed by atoms with Gasteiger partial charge in [-0.15, -0.1) is 11.3 Å². The van der Waals surface area contributed by atoms with Crippen LogP contribution >= 0.6 is 23.1 Å². The fourth-order valence-electron chi connectivity index (χ4n) is 1.47. The molecule has 14 heavy (non-hydrogen) atoms. The average Bonchev–Trinajstić information content (AvgIpc) is 2.59. The second kappa shape index (κ2) is 3.91. The molecule has 1 aromatic heterocycles. The van der Waals surface area contributed by atoms with E-state index < -0.39 is 0 Å². The number of carbonyl (C=O) groups excluding carboxylic acids is 1. The first-order chi connectivity index (χ1) is 6.68. The SMILES string of the molecule is C=C(C)C(=O)c1cc2c(s1)CCSC2. The molecule has 3 heteroatoms. The van der Waals surface area contributed by atoms with Gasteiger partial charge in [-0.25, -0.2) is 0 Å². The zero-order valence-corrected chi connectivity index (χ0v) is 9.76. The number of thioether (sulfide) groups is 1. The summed E-state index contributed by atoms with van der Waals surface area (Å²) < 4.78 is 0. The number of Topliss-reactive ketones (excluding diaryl/α,β-unsaturated/α-hetero) is 1. The first kappa shape index (κ1) is 9.99. The molecule has 0 aliphatic carbocycles. The van der Waals surface area contributed by atoms with E-state index in [1.165, 1.54) is 16.2 Å². The van der Waals surface area contributed by atoms with Gasteiger partial charge < -0.3 is 0 Å². The Balaban J connectivity index is 2.32. The lowest BCUT2D eigenvalue weighted by Gasteiger charge is -2.08. The van der Waals surface area contributed by atoms with E-state index in [1.807, 2.05) is 17.8 Å². The Morgan fingerprint density at radius 1 is 1.57 bits per heavy atom. The fraction of sp³-hybridized carbons (Fsp3) is 0.364. The Morgan fingerprint density at radius 3 is 3.00 bits per heavy atom. The molecule has 0 saturated heterocycles. The molecular weight excluding hydrogens is 212 g/mol. The highest BCUT2D eigenvalue weighted by Gasteiger charge is 2.17. The molecule has 0 bridgehead atoms. The molecule has 74 valence electrons. The third-order valence-electron chi connectivity index (χ3n) is 2.24. The highest BCUT2D eigenvalue weighted by molar-refractivity contribution is 7.98. The van der Waals surface area contributed by atoms with Crippen molar-refractivity contribution >= 4 is 28.9 Å². The van der Waals surface area contributed by atoms with E-state index >= 15 is 0 Å². The number of hydrogen-bond donors (Lipinski definition) is 0. The van der Waals surface area contributed by atoms with Crippen molar-refractivity contribution in [3.05, 3.63) is 33.5 Å². The smallest absolute Gasteiger partial charge is 0.198 e. The van der Waals surface area contributed by atoms with Crippen LogP contribution in [0.4, 0.5) is 0 Å². The molecule has 1 aliphatic heterocycles. The number of allylic oxidation sites excluding steroid dienone is 1. The molecule has 0 aromatic carbocycles. The standard InChI is InChI=1S/C11H12OS2/c1-7(2)11(12)10-5-8-6-13-4-3-9(8)14-10/h5H,1,3-4,6H2,2H3. The summed E-state index contributed by atoms with van der Waals surface area (Å²) in [6, 6.07) is 2.04. The molecule has 1 aliphatic rings. The van der Waals surface area contributed by atoms with E-state index in [0.29, 0.717) is 5.57 Å². The molecule has 0 amide bonds. The van der Waals surface area contributed by atoms with E-state index in [1.54, 1.807) is 18.3 Å². The maximum atomic E-state index is 11.7. The summed E-state index contributed by atoms with van der Waals surface area (Å²) in [5, 5.41) is 0. The lowest BCUT2D eigenvalue weighted by molar-refractivity contribution is 0.103. The molecule has 0 atom stereocenters. The quantitative estimate of drug-likeness (QED) is 0.566. The molecule has 0 unspecified atom stereocenters. The highest BCUT2D eigenvalue weighted by Crippen LogP contribution is 2.32. The maximum absolute atomic E-state index is 11.7. The monoisotopic (exact) mass is 224 g/mol. The zero-order valence-electron chi connectivity index (χ0n) is 8.13. The van der Waals surface area contributed by atoms with E-state index in [2.05, 4.69) is 6.58 Å². The van der Waals surface area contributed by atoms with Crippen LogP contribution in [0.5, 0.6) is 0 Å². The van der Waals surface area contributed by atoms with Gasteiger partial charge in [0.25, 0.3) is 0 Å². The fourth-order valence-corrected chi connectivity index (χ4v) is 3.86. The summed E-state index contributed by atoms with van der Waals surface area (Å²) in [6.07, 6.45) is 1.12. The van der Waals surface area contributed by atoms with Gasteiger partial charge in [0.1, 0.15) is 0 Å². The summed E-state index contributed by atoms with van der Waals surface area (Å²) in [5.41, 5.74) is 1.99. The molecule has 0 saturated carbocycles. The number of carbonyl (C=O) groups is 1. The predicted molar refractivity (Wildman–Crippen MR) is 63.3 cm³/mol. The van der Waals surface area contributed by atoms with E-state index in [-0.39, 0.29) is 5.78 Å². The normalized spacial score (nSPS) is 14.9. The van der Waals surface area contributed by atoms with Crippen molar-refractivity contribution in [2.24, 2.45) is 0 Å². The molecule has 1 aromatic rings. The molecule has 2 rings (SSSR count). The molecule has 2 heterocycles. The van der Waals surface area contributed by atoms with Gasteiger partial charge in [-0.05, 0) is 36.3 Å². The largest absolute Gasteiger partial charge is 0.288 e. The third-order valence-corrected chi connectivity index (χ3v) is 4.48. The summed E-state index contributed by atoms with van der Waals surface area (Å²) in [4.78, 5) is 13.9. The van der Waals surface area contributed by atoms with Crippen LogP contribution in [0, 0.1) is 0 Å². The third kappa shape index (κ3) is 1.79. The van der Waals surface area contributed by atoms with Crippen molar-refractivity contribution in [2.75, 3.05) is 5.75 Å². The van der Waals surface area contributed by atoms with Crippen LogP contribution in [0.2, 0.25) is 0 Å². The zero-order chi connectivity index (χ0) is 10.1. The van der Waals surface area contributed by atoms with Crippen molar-refractivity contribution < 1.29 is 4.79 Å².